The van der Waals surface area contributed by atoms with E-state index in [0.717, 1.165) is 16.7 Å². The summed E-state index contributed by atoms with van der Waals surface area (Å²) in [6.07, 6.45) is 1.33. The molecule has 2 aromatic rings. The lowest BCUT2D eigenvalue weighted by atomic mass is 10.0. The van der Waals surface area contributed by atoms with Crippen molar-refractivity contribution < 1.29 is 9.72 Å². The smallest absolute Gasteiger partial charge is 0.284 e. The molecule has 0 aromatic heterocycles. The van der Waals surface area contributed by atoms with Gasteiger partial charge in [0.25, 0.3) is 11.6 Å². The van der Waals surface area contributed by atoms with Crippen LogP contribution in [0.15, 0.2) is 40.4 Å². The number of nitrogens with one attached hydrogen (secondary N) is 1. The number of aryl methyl sites for hydroxylation is 3. The predicted molar refractivity (Wildman–Crippen MR) is 104 cm³/mol. The van der Waals surface area contributed by atoms with E-state index in [1.807, 2.05) is 39.0 Å². The highest BCUT2D eigenvalue weighted by molar-refractivity contribution is 9.10. The SMILES string of the molecule is Cc1cc(C)c(NC(=O)/C(C#N)=C/c2ccc(Br)c([N+](=O)[O-])c2)c(C)c1. The highest BCUT2D eigenvalue weighted by Gasteiger charge is 2.15. The van der Waals surface area contributed by atoms with Crippen LogP contribution in [0.2, 0.25) is 0 Å². The van der Waals surface area contributed by atoms with Crippen molar-refractivity contribution in [1.82, 2.24) is 0 Å². The summed E-state index contributed by atoms with van der Waals surface area (Å²) >= 11 is 3.10. The van der Waals surface area contributed by atoms with E-state index in [0.29, 0.717) is 15.7 Å². The van der Waals surface area contributed by atoms with Crippen LogP contribution < -0.4 is 5.32 Å². The van der Waals surface area contributed by atoms with E-state index in [2.05, 4.69) is 21.2 Å². The van der Waals surface area contributed by atoms with E-state index < -0.39 is 10.8 Å². The largest absolute Gasteiger partial charge is 0.321 e. The molecule has 2 rings (SSSR count). The first kappa shape index (κ1) is 19.3. The first-order valence-corrected chi connectivity index (χ1v) is 8.47. The van der Waals surface area contributed by atoms with Crippen molar-refractivity contribution >= 4 is 39.3 Å². The zero-order valence-electron chi connectivity index (χ0n) is 14.5. The molecule has 0 aliphatic rings. The van der Waals surface area contributed by atoms with Crippen LogP contribution in [0.1, 0.15) is 22.3 Å². The van der Waals surface area contributed by atoms with Gasteiger partial charge in [0.15, 0.2) is 0 Å². The van der Waals surface area contributed by atoms with Crippen LogP contribution in [0.4, 0.5) is 11.4 Å². The fraction of sp³-hybridized carbons (Fsp3) is 0.158. The number of nitro groups is 1. The normalized spacial score (nSPS) is 11.0. The van der Waals surface area contributed by atoms with Crippen molar-refractivity contribution in [3.8, 4) is 6.07 Å². The Morgan fingerprint density at radius 2 is 1.85 bits per heavy atom. The van der Waals surface area contributed by atoms with Gasteiger partial charge in [-0.3, -0.25) is 14.9 Å². The number of anilines is 1. The van der Waals surface area contributed by atoms with Gasteiger partial charge in [0.05, 0.1) is 9.40 Å². The van der Waals surface area contributed by atoms with E-state index >= 15 is 0 Å². The van der Waals surface area contributed by atoms with Gasteiger partial charge in [-0.1, -0.05) is 23.8 Å². The minimum atomic E-state index is -0.562. The monoisotopic (exact) mass is 413 g/mol. The Hall–Kier alpha value is -2.98. The number of benzene rings is 2. The molecule has 2 aromatic carbocycles. The lowest BCUT2D eigenvalue weighted by Gasteiger charge is -2.12. The van der Waals surface area contributed by atoms with E-state index in [1.54, 1.807) is 6.07 Å². The third kappa shape index (κ3) is 4.35. The van der Waals surface area contributed by atoms with Gasteiger partial charge in [-0.15, -0.1) is 0 Å². The predicted octanol–water partition coefficient (Wildman–Crippen LogP) is 4.83. The van der Waals surface area contributed by atoms with E-state index in [-0.39, 0.29) is 11.3 Å². The molecule has 0 heterocycles. The van der Waals surface area contributed by atoms with E-state index in [9.17, 15) is 20.2 Å². The van der Waals surface area contributed by atoms with Crippen LogP contribution >= 0.6 is 15.9 Å². The van der Waals surface area contributed by atoms with Crippen molar-refractivity contribution in [3.63, 3.8) is 0 Å². The van der Waals surface area contributed by atoms with Gasteiger partial charge in [-0.2, -0.15) is 5.26 Å². The molecule has 0 spiro atoms. The van der Waals surface area contributed by atoms with Gasteiger partial charge in [-0.25, -0.2) is 0 Å². The van der Waals surface area contributed by atoms with Crippen molar-refractivity contribution in [1.29, 1.82) is 5.26 Å². The number of nitro benzene ring substituents is 1. The highest BCUT2D eigenvalue weighted by atomic mass is 79.9. The van der Waals surface area contributed by atoms with Gasteiger partial charge >= 0.3 is 0 Å². The van der Waals surface area contributed by atoms with Gasteiger partial charge < -0.3 is 5.32 Å². The maximum Gasteiger partial charge on any atom is 0.284 e. The number of halogens is 1. The van der Waals surface area contributed by atoms with Crippen LogP contribution in [-0.2, 0) is 4.79 Å². The van der Waals surface area contributed by atoms with E-state index in [1.165, 1.54) is 18.2 Å². The molecule has 132 valence electrons. The van der Waals surface area contributed by atoms with Crippen molar-refractivity contribution in [3.05, 3.63) is 72.7 Å². The Morgan fingerprint density at radius 1 is 1.23 bits per heavy atom. The third-order valence-corrected chi connectivity index (χ3v) is 4.43. The van der Waals surface area contributed by atoms with Crippen LogP contribution in [0.5, 0.6) is 0 Å². The number of carbonyl (C=O) groups excluding carboxylic acids is 1. The molecule has 0 radical (unpaired) electrons. The number of hydrogen-bond donors (Lipinski definition) is 1. The number of carbonyl (C=O) groups is 1. The summed E-state index contributed by atoms with van der Waals surface area (Å²) in [4.78, 5) is 23.0. The molecular weight excluding hydrogens is 398 g/mol. The van der Waals surface area contributed by atoms with Crippen molar-refractivity contribution in [2.75, 3.05) is 5.32 Å². The summed E-state index contributed by atoms with van der Waals surface area (Å²) in [5.41, 5.74) is 3.64. The fourth-order valence-corrected chi connectivity index (χ4v) is 3.02. The molecule has 0 fully saturated rings. The number of hydrogen-bond acceptors (Lipinski definition) is 4. The lowest BCUT2D eigenvalue weighted by molar-refractivity contribution is -0.385. The first-order valence-electron chi connectivity index (χ1n) is 7.68. The van der Waals surface area contributed by atoms with Gasteiger partial charge in [0.2, 0.25) is 0 Å². The minimum absolute atomic E-state index is 0.137. The molecule has 0 saturated carbocycles. The van der Waals surface area contributed by atoms with Crippen LogP contribution in [0, 0.1) is 42.2 Å². The quantitative estimate of drug-likeness (QED) is 0.336. The van der Waals surface area contributed by atoms with Crippen LogP contribution in [0.3, 0.4) is 0 Å². The number of amides is 1. The van der Waals surface area contributed by atoms with E-state index in [4.69, 9.17) is 0 Å². The summed E-state index contributed by atoms with van der Waals surface area (Å²) in [6, 6.07) is 10.1. The Morgan fingerprint density at radius 3 is 2.38 bits per heavy atom. The minimum Gasteiger partial charge on any atom is -0.321 e. The molecule has 0 bridgehead atoms. The summed E-state index contributed by atoms with van der Waals surface area (Å²) in [7, 11) is 0. The second-order valence-corrected chi connectivity index (χ2v) is 6.72. The Balaban J connectivity index is 2.36. The maximum absolute atomic E-state index is 12.5. The standard InChI is InChI=1S/C19H16BrN3O3/c1-11-6-12(2)18(13(3)7-11)22-19(24)15(10-21)8-14-4-5-16(20)17(9-14)23(25)26/h4-9H,1-3H3,(H,22,24)/b15-8+. The Kier molecular flexibility index (Phi) is 5.90. The number of nitrogens with zero attached hydrogens (tertiary/aromatic N) is 2. The molecular formula is C19H16BrN3O3. The average molecular weight is 414 g/mol. The molecule has 0 atom stereocenters. The molecule has 0 unspecified atom stereocenters. The van der Waals surface area contributed by atoms with Crippen molar-refractivity contribution in [2.45, 2.75) is 20.8 Å². The topological polar surface area (TPSA) is 96.0 Å². The molecule has 0 aliphatic heterocycles. The fourth-order valence-electron chi connectivity index (χ4n) is 2.63. The molecule has 6 nitrogen and oxygen atoms in total. The maximum atomic E-state index is 12.5. The molecule has 7 heteroatoms. The van der Waals surface area contributed by atoms with Gasteiger partial charge in [0.1, 0.15) is 11.6 Å². The summed E-state index contributed by atoms with van der Waals surface area (Å²) in [6.45, 7) is 5.72. The summed E-state index contributed by atoms with van der Waals surface area (Å²) in [5.74, 6) is -0.562. The zero-order chi connectivity index (χ0) is 19.4. The van der Waals surface area contributed by atoms with Crippen LogP contribution in [-0.4, -0.2) is 10.8 Å². The zero-order valence-corrected chi connectivity index (χ0v) is 16.0. The molecule has 0 aliphatic carbocycles. The first-order chi connectivity index (χ1) is 12.2. The van der Waals surface area contributed by atoms with Gasteiger partial charge in [0, 0.05) is 11.8 Å². The number of nitriles is 1. The Bertz CT molecular complexity index is 951. The second-order valence-electron chi connectivity index (χ2n) is 5.87. The highest BCUT2D eigenvalue weighted by Crippen LogP contribution is 2.27. The Labute approximate surface area is 159 Å². The molecule has 0 saturated heterocycles. The average Bonchev–Trinajstić information content (AvgIpc) is 2.56. The number of rotatable bonds is 4. The third-order valence-electron chi connectivity index (χ3n) is 3.76. The van der Waals surface area contributed by atoms with Crippen LogP contribution in [0.25, 0.3) is 6.08 Å². The van der Waals surface area contributed by atoms with Gasteiger partial charge in [-0.05, 0) is 65.5 Å². The summed E-state index contributed by atoms with van der Waals surface area (Å²) < 4.78 is 0.327. The molecule has 26 heavy (non-hydrogen) atoms. The molecule has 1 N–H and O–H groups in total. The van der Waals surface area contributed by atoms with Crippen molar-refractivity contribution in [2.24, 2.45) is 0 Å². The molecule has 1 amide bonds. The second kappa shape index (κ2) is 7.93. The summed E-state index contributed by atoms with van der Waals surface area (Å²) in [5, 5.41) is 23.1. The lowest BCUT2D eigenvalue weighted by Crippen LogP contribution is -2.15.